The van der Waals surface area contributed by atoms with Crippen molar-refractivity contribution in [3.8, 4) is 11.5 Å². The molecule has 0 radical (unpaired) electrons. The van der Waals surface area contributed by atoms with Crippen LogP contribution < -0.4 is 20.1 Å². The first-order chi connectivity index (χ1) is 12.0. The second kappa shape index (κ2) is 8.81. The van der Waals surface area contributed by atoms with E-state index in [4.69, 9.17) is 4.74 Å². The number of carbonyl (C=O) groups excluding carboxylic acids is 1. The number of rotatable bonds is 7. The van der Waals surface area contributed by atoms with Gasteiger partial charge in [0, 0.05) is 12.6 Å². The van der Waals surface area contributed by atoms with Crippen molar-refractivity contribution in [1.29, 1.82) is 0 Å². The molecular formula is C17H17F3N2O3. The highest BCUT2D eigenvalue weighted by atomic mass is 19.3. The second-order valence-corrected chi connectivity index (χ2v) is 4.96. The summed E-state index contributed by atoms with van der Waals surface area (Å²) in [4.78, 5) is 11.9. The van der Waals surface area contributed by atoms with Gasteiger partial charge in [0.05, 0.1) is 12.8 Å². The summed E-state index contributed by atoms with van der Waals surface area (Å²) >= 11 is 0. The first-order valence-corrected chi connectivity index (χ1v) is 7.40. The molecule has 0 aliphatic carbocycles. The van der Waals surface area contributed by atoms with Gasteiger partial charge < -0.3 is 20.1 Å². The lowest BCUT2D eigenvalue weighted by Gasteiger charge is -2.14. The van der Waals surface area contributed by atoms with Crippen LogP contribution >= 0.6 is 0 Å². The molecule has 0 atom stereocenters. The highest BCUT2D eigenvalue weighted by molar-refractivity contribution is 5.91. The third kappa shape index (κ3) is 5.59. The SMILES string of the molecule is COc1ccc(OC(F)F)c(NC(=O)NCCc2ccccc2F)c1. The zero-order valence-corrected chi connectivity index (χ0v) is 13.4. The van der Waals surface area contributed by atoms with Gasteiger partial charge in [0.25, 0.3) is 0 Å². The Morgan fingerprint density at radius 3 is 2.64 bits per heavy atom. The molecule has 0 fully saturated rings. The van der Waals surface area contributed by atoms with E-state index in [1.54, 1.807) is 18.2 Å². The van der Waals surface area contributed by atoms with E-state index in [0.717, 1.165) is 0 Å². The number of benzene rings is 2. The monoisotopic (exact) mass is 354 g/mol. The molecule has 2 N–H and O–H groups in total. The predicted molar refractivity (Wildman–Crippen MR) is 86.8 cm³/mol. The fraction of sp³-hybridized carbons (Fsp3) is 0.235. The molecule has 25 heavy (non-hydrogen) atoms. The van der Waals surface area contributed by atoms with Crippen LogP contribution in [0.3, 0.4) is 0 Å². The van der Waals surface area contributed by atoms with Crippen molar-refractivity contribution in [3.63, 3.8) is 0 Å². The third-order valence-electron chi connectivity index (χ3n) is 3.29. The fourth-order valence-corrected chi connectivity index (χ4v) is 2.11. The van der Waals surface area contributed by atoms with Gasteiger partial charge in [-0.1, -0.05) is 18.2 Å². The summed E-state index contributed by atoms with van der Waals surface area (Å²) in [7, 11) is 1.40. The van der Waals surface area contributed by atoms with E-state index in [2.05, 4.69) is 15.4 Å². The minimum atomic E-state index is -3.03. The molecule has 0 saturated heterocycles. The van der Waals surface area contributed by atoms with Gasteiger partial charge in [-0.3, -0.25) is 0 Å². The number of ether oxygens (including phenoxy) is 2. The number of carbonyl (C=O) groups is 1. The van der Waals surface area contributed by atoms with Gasteiger partial charge in [0.1, 0.15) is 17.3 Å². The van der Waals surface area contributed by atoms with Crippen molar-refractivity contribution in [2.24, 2.45) is 0 Å². The van der Waals surface area contributed by atoms with Crippen LogP contribution in [0.15, 0.2) is 42.5 Å². The number of anilines is 1. The molecule has 0 bridgehead atoms. The molecule has 0 spiro atoms. The molecule has 8 heteroatoms. The van der Waals surface area contributed by atoms with E-state index in [-0.39, 0.29) is 23.8 Å². The molecule has 0 saturated carbocycles. The van der Waals surface area contributed by atoms with Gasteiger partial charge >= 0.3 is 12.6 Å². The van der Waals surface area contributed by atoms with E-state index in [1.807, 2.05) is 0 Å². The second-order valence-electron chi connectivity index (χ2n) is 4.96. The molecule has 0 aromatic heterocycles. The van der Waals surface area contributed by atoms with Crippen LogP contribution in [0.2, 0.25) is 0 Å². The van der Waals surface area contributed by atoms with Crippen LogP contribution in [0.5, 0.6) is 11.5 Å². The lowest BCUT2D eigenvalue weighted by Crippen LogP contribution is -2.30. The molecule has 2 rings (SSSR count). The summed E-state index contributed by atoms with van der Waals surface area (Å²) in [5, 5.41) is 4.93. The number of amides is 2. The number of nitrogens with one attached hydrogen (secondary N) is 2. The number of methoxy groups -OCH3 is 1. The van der Waals surface area contributed by atoms with Crippen LogP contribution in [-0.4, -0.2) is 26.3 Å². The van der Waals surface area contributed by atoms with Crippen LogP contribution in [0.25, 0.3) is 0 Å². The van der Waals surface area contributed by atoms with Crippen LogP contribution in [0.4, 0.5) is 23.7 Å². The molecule has 2 amide bonds. The van der Waals surface area contributed by atoms with Gasteiger partial charge in [-0.05, 0) is 30.2 Å². The summed E-state index contributed by atoms with van der Waals surface area (Å²) < 4.78 is 47.7. The number of urea groups is 1. The van der Waals surface area contributed by atoms with E-state index < -0.39 is 12.6 Å². The summed E-state index contributed by atoms with van der Waals surface area (Å²) in [5.74, 6) is -0.187. The van der Waals surface area contributed by atoms with E-state index in [0.29, 0.717) is 17.7 Å². The number of hydrogen-bond donors (Lipinski definition) is 2. The van der Waals surface area contributed by atoms with Gasteiger partial charge in [0.15, 0.2) is 0 Å². The fourth-order valence-electron chi connectivity index (χ4n) is 2.11. The van der Waals surface area contributed by atoms with Crippen LogP contribution in [0.1, 0.15) is 5.56 Å². The van der Waals surface area contributed by atoms with Gasteiger partial charge in [-0.2, -0.15) is 8.78 Å². The Labute approximate surface area is 142 Å². The van der Waals surface area contributed by atoms with E-state index in [9.17, 15) is 18.0 Å². The molecule has 0 aliphatic heterocycles. The Morgan fingerprint density at radius 1 is 1.20 bits per heavy atom. The Morgan fingerprint density at radius 2 is 1.96 bits per heavy atom. The summed E-state index contributed by atoms with van der Waals surface area (Å²) in [6.07, 6.45) is 0.290. The van der Waals surface area contributed by atoms with E-state index in [1.165, 1.54) is 31.4 Å². The minimum Gasteiger partial charge on any atom is -0.497 e. The summed E-state index contributed by atoms with van der Waals surface area (Å²) in [6, 6.07) is 9.64. The Kier molecular flexibility index (Phi) is 6.50. The van der Waals surface area contributed by atoms with Crippen molar-refractivity contribution in [2.75, 3.05) is 19.0 Å². The van der Waals surface area contributed by atoms with Crippen LogP contribution in [-0.2, 0) is 6.42 Å². The van der Waals surface area contributed by atoms with Crippen molar-refractivity contribution in [2.45, 2.75) is 13.0 Å². The predicted octanol–water partition coefficient (Wildman–Crippen LogP) is 3.80. The maximum Gasteiger partial charge on any atom is 0.387 e. The molecule has 134 valence electrons. The van der Waals surface area contributed by atoms with Crippen LogP contribution in [0, 0.1) is 5.82 Å². The maximum atomic E-state index is 13.5. The lowest BCUT2D eigenvalue weighted by molar-refractivity contribution is -0.0493. The normalized spacial score (nSPS) is 10.4. The molecule has 0 aliphatic rings. The Hall–Kier alpha value is -2.90. The molecule has 0 heterocycles. The maximum absolute atomic E-state index is 13.5. The highest BCUT2D eigenvalue weighted by Crippen LogP contribution is 2.30. The molecule has 2 aromatic rings. The Balaban J connectivity index is 1.96. The molecule has 0 unspecified atom stereocenters. The van der Waals surface area contributed by atoms with Gasteiger partial charge in [0.2, 0.25) is 0 Å². The number of halogens is 3. The number of alkyl halides is 2. The topological polar surface area (TPSA) is 59.6 Å². The summed E-state index contributed by atoms with van der Waals surface area (Å²) in [5.41, 5.74) is 0.494. The quantitative estimate of drug-likeness (QED) is 0.795. The molecule has 5 nitrogen and oxygen atoms in total. The van der Waals surface area contributed by atoms with Crippen molar-refractivity contribution in [3.05, 3.63) is 53.8 Å². The van der Waals surface area contributed by atoms with Crippen molar-refractivity contribution < 1.29 is 27.4 Å². The number of hydrogen-bond acceptors (Lipinski definition) is 3. The van der Waals surface area contributed by atoms with Gasteiger partial charge in [-0.15, -0.1) is 0 Å². The highest BCUT2D eigenvalue weighted by Gasteiger charge is 2.13. The Bertz CT molecular complexity index is 726. The zero-order valence-electron chi connectivity index (χ0n) is 13.4. The molecule has 2 aromatic carbocycles. The summed E-state index contributed by atoms with van der Waals surface area (Å²) in [6.45, 7) is -2.86. The first-order valence-electron chi connectivity index (χ1n) is 7.40. The smallest absolute Gasteiger partial charge is 0.387 e. The van der Waals surface area contributed by atoms with Crippen molar-refractivity contribution >= 4 is 11.7 Å². The standard InChI is InChI=1S/C17H17F3N2O3/c1-24-12-6-7-15(25-16(19)20)14(10-12)22-17(23)21-9-8-11-4-2-3-5-13(11)18/h2-7,10,16H,8-9H2,1H3,(H2,21,22,23). The largest absolute Gasteiger partial charge is 0.497 e. The van der Waals surface area contributed by atoms with Crippen molar-refractivity contribution in [1.82, 2.24) is 5.32 Å². The van der Waals surface area contributed by atoms with Gasteiger partial charge in [-0.25, -0.2) is 9.18 Å². The average Bonchev–Trinajstić information content (AvgIpc) is 2.57. The minimum absolute atomic E-state index is 0.0306. The first kappa shape index (κ1) is 18.4. The third-order valence-corrected chi connectivity index (χ3v) is 3.29. The molecular weight excluding hydrogens is 337 g/mol. The zero-order chi connectivity index (χ0) is 18.2. The lowest BCUT2D eigenvalue weighted by atomic mass is 10.1. The van der Waals surface area contributed by atoms with E-state index >= 15 is 0 Å². The average molecular weight is 354 g/mol.